The molecule has 1 fully saturated rings. The predicted octanol–water partition coefficient (Wildman–Crippen LogP) is 1.29. The average molecular weight is 292 g/mol. The molecule has 21 heavy (non-hydrogen) atoms. The summed E-state index contributed by atoms with van der Waals surface area (Å²) in [6.07, 6.45) is 2.52. The number of piperidine rings is 1. The SMILES string of the molecule is CCOC1CCN(C(=O)[C@H](N)Cc2ccc(O)cc2)CC1. The number of likely N-dealkylation sites (tertiary alicyclic amines) is 1. The van der Waals surface area contributed by atoms with Crippen LogP contribution in [0.2, 0.25) is 0 Å². The Kier molecular flexibility index (Phi) is 5.59. The van der Waals surface area contributed by atoms with Crippen molar-refractivity contribution in [3.63, 3.8) is 0 Å². The summed E-state index contributed by atoms with van der Waals surface area (Å²) in [5, 5.41) is 9.25. The number of nitrogens with two attached hydrogens (primary N) is 1. The van der Waals surface area contributed by atoms with E-state index >= 15 is 0 Å². The first-order valence-electron chi connectivity index (χ1n) is 7.54. The molecule has 0 radical (unpaired) electrons. The quantitative estimate of drug-likeness (QED) is 0.857. The minimum absolute atomic E-state index is 0.00183. The van der Waals surface area contributed by atoms with Crippen LogP contribution in [-0.2, 0) is 16.0 Å². The number of carbonyl (C=O) groups excluding carboxylic acids is 1. The van der Waals surface area contributed by atoms with E-state index in [2.05, 4.69) is 0 Å². The van der Waals surface area contributed by atoms with Gasteiger partial charge in [-0.1, -0.05) is 12.1 Å². The molecule has 5 heteroatoms. The van der Waals surface area contributed by atoms with E-state index in [0.29, 0.717) is 19.5 Å². The van der Waals surface area contributed by atoms with E-state index in [1.165, 1.54) is 0 Å². The second-order valence-electron chi connectivity index (χ2n) is 5.46. The second-order valence-corrected chi connectivity index (χ2v) is 5.46. The van der Waals surface area contributed by atoms with Crippen molar-refractivity contribution in [1.29, 1.82) is 0 Å². The van der Waals surface area contributed by atoms with Crippen LogP contribution in [0.5, 0.6) is 5.75 Å². The molecule has 1 aromatic rings. The first-order chi connectivity index (χ1) is 10.1. The topological polar surface area (TPSA) is 75.8 Å². The Balaban J connectivity index is 1.84. The van der Waals surface area contributed by atoms with Gasteiger partial charge in [0.15, 0.2) is 0 Å². The van der Waals surface area contributed by atoms with Gasteiger partial charge in [-0.3, -0.25) is 4.79 Å². The molecule has 0 unspecified atom stereocenters. The molecule has 116 valence electrons. The minimum Gasteiger partial charge on any atom is -0.508 e. The molecular formula is C16H24N2O3. The third-order valence-electron chi connectivity index (χ3n) is 3.87. The normalized spacial score (nSPS) is 17.7. The van der Waals surface area contributed by atoms with E-state index in [-0.39, 0.29) is 17.8 Å². The summed E-state index contributed by atoms with van der Waals surface area (Å²) in [6.45, 7) is 4.14. The number of rotatable bonds is 5. The Morgan fingerprint density at radius 3 is 2.57 bits per heavy atom. The number of ether oxygens (including phenoxy) is 1. The standard InChI is InChI=1S/C16H24N2O3/c1-2-21-14-7-9-18(10-8-14)16(20)15(17)11-12-3-5-13(19)6-4-12/h3-6,14-15,19H,2,7-11,17H2,1H3/t15-/m1/s1. The lowest BCUT2D eigenvalue weighted by molar-refractivity contribution is -0.135. The first kappa shape index (κ1) is 15.8. The van der Waals surface area contributed by atoms with E-state index in [4.69, 9.17) is 10.5 Å². The highest BCUT2D eigenvalue weighted by Crippen LogP contribution is 2.16. The molecule has 0 aliphatic carbocycles. The van der Waals surface area contributed by atoms with Crippen molar-refractivity contribution < 1.29 is 14.6 Å². The Bertz CT molecular complexity index is 453. The summed E-state index contributed by atoms with van der Waals surface area (Å²) >= 11 is 0. The number of nitrogens with zero attached hydrogens (tertiary/aromatic N) is 1. The highest BCUT2D eigenvalue weighted by Gasteiger charge is 2.26. The third-order valence-corrected chi connectivity index (χ3v) is 3.87. The van der Waals surface area contributed by atoms with Crippen molar-refractivity contribution >= 4 is 5.91 Å². The van der Waals surface area contributed by atoms with Crippen molar-refractivity contribution in [1.82, 2.24) is 4.90 Å². The van der Waals surface area contributed by atoms with Crippen LogP contribution in [0.25, 0.3) is 0 Å². The number of benzene rings is 1. The van der Waals surface area contributed by atoms with Gasteiger partial charge in [-0.05, 0) is 43.9 Å². The second kappa shape index (κ2) is 7.43. The summed E-state index contributed by atoms with van der Waals surface area (Å²) in [6, 6.07) is 6.28. The lowest BCUT2D eigenvalue weighted by Gasteiger charge is -2.33. The fraction of sp³-hybridized carbons (Fsp3) is 0.562. The summed E-state index contributed by atoms with van der Waals surface area (Å²) < 4.78 is 5.59. The van der Waals surface area contributed by atoms with Crippen molar-refractivity contribution in [2.24, 2.45) is 5.73 Å². The fourth-order valence-electron chi connectivity index (χ4n) is 2.69. The summed E-state index contributed by atoms with van der Waals surface area (Å²) in [7, 11) is 0. The van der Waals surface area contributed by atoms with Gasteiger partial charge in [-0.2, -0.15) is 0 Å². The molecule has 2 rings (SSSR count). The van der Waals surface area contributed by atoms with Crippen LogP contribution in [0.4, 0.5) is 0 Å². The number of amides is 1. The van der Waals surface area contributed by atoms with Gasteiger partial charge in [0.25, 0.3) is 0 Å². The first-order valence-corrected chi connectivity index (χ1v) is 7.54. The Morgan fingerprint density at radius 2 is 2.00 bits per heavy atom. The third kappa shape index (κ3) is 4.44. The van der Waals surface area contributed by atoms with E-state index < -0.39 is 6.04 Å². The van der Waals surface area contributed by atoms with E-state index in [9.17, 15) is 9.90 Å². The maximum absolute atomic E-state index is 12.3. The van der Waals surface area contributed by atoms with Gasteiger partial charge < -0.3 is 20.5 Å². The van der Waals surface area contributed by atoms with Crippen LogP contribution in [0, 0.1) is 0 Å². The summed E-state index contributed by atoms with van der Waals surface area (Å²) in [5.41, 5.74) is 6.98. The van der Waals surface area contributed by atoms with Gasteiger partial charge in [-0.25, -0.2) is 0 Å². The van der Waals surface area contributed by atoms with Gasteiger partial charge in [0.05, 0.1) is 12.1 Å². The molecule has 5 nitrogen and oxygen atoms in total. The van der Waals surface area contributed by atoms with Crippen LogP contribution in [0.3, 0.4) is 0 Å². The fourth-order valence-corrected chi connectivity index (χ4v) is 2.69. The molecule has 1 saturated heterocycles. The maximum atomic E-state index is 12.3. The van der Waals surface area contributed by atoms with Crippen molar-refractivity contribution in [2.75, 3.05) is 19.7 Å². The Labute approximate surface area is 125 Å². The van der Waals surface area contributed by atoms with Crippen LogP contribution >= 0.6 is 0 Å². The van der Waals surface area contributed by atoms with Gasteiger partial charge in [0.2, 0.25) is 5.91 Å². The van der Waals surface area contributed by atoms with Crippen molar-refractivity contribution in [3.05, 3.63) is 29.8 Å². The summed E-state index contributed by atoms with van der Waals surface area (Å²) in [4.78, 5) is 14.2. The molecule has 0 spiro atoms. The zero-order chi connectivity index (χ0) is 15.2. The van der Waals surface area contributed by atoms with E-state index in [1.54, 1.807) is 24.3 Å². The smallest absolute Gasteiger partial charge is 0.239 e. The molecule has 0 aromatic heterocycles. The average Bonchev–Trinajstić information content (AvgIpc) is 2.50. The van der Waals surface area contributed by atoms with E-state index in [1.807, 2.05) is 11.8 Å². The number of hydrogen-bond acceptors (Lipinski definition) is 4. The zero-order valence-corrected chi connectivity index (χ0v) is 12.5. The molecule has 1 amide bonds. The number of carbonyl (C=O) groups is 1. The number of phenols is 1. The zero-order valence-electron chi connectivity index (χ0n) is 12.5. The monoisotopic (exact) mass is 292 g/mol. The molecule has 1 aliphatic heterocycles. The van der Waals surface area contributed by atoms with Crippen molar-refractivity contribution in [3.8, 4) is 5.75 Å². The minimum atomic E-state index is -0.529. The van der Waals surface area contributed by atoms with Crippen molar-refractivity contribution in [2.45, 2.75) is 38.3 Å². The number of aromatic hydroxyl groups is 1. The lowest BCUT2D eigenvalue weighted by atomic mass is 10.0. The van der Waals surface area contributed by atoms with Crippen LogP contribution in [0.15, 0.2) is 24.3 Å². The van der Waals surface area contributed by atoms with Gasteiger partial charge in [-0.15, -0.1) is 0 Å². The van der Waals surface area contributed by atoms with E-state index in [0.717, 1.165) is 25.0 Å². The molecular weight excluding hydrogens is 268 g/mol. The summed E-state index contributed by atoms with van der Waals surface area (Å²) in [5.74, 6) is 0.217. The molecule has 0 bridgehead atoms. The van der Waals surface area contributed by atoms with Gasteiger partial charge >= 0.3 is 0 Å². The van der Waals surface area contributed by atoms with Gasteiger partial charge in [0.1, 0.15) is 5.75 Å². The van der Waals surface area contributed by atoms with Gasteiger partial charge in [0, 0.05) is 19.7 Å². The number of phenolic OH excluding ortho intramolecular Hbond substituents is 1. The Hall–Kier alpha value is -1.59. The molecule has 0 saturated carbocycles. The lowest BCUT2D eigenvalue weighted by Crippen LogP contribution is -2.49. The number of hydrogen-bond donors (Lipinski definition) is 2. The van der Waals surface area contributed by atoms with Crippen LogP contribution in [0.1, 0.15) is 25.3 Å². The molecule has 1 atom stereocenters. The highest BCUT2D eigenvalue weighted by molar-refractivity contribution is 5.82. The molecule has 1 aliphatic rings. The van der Waals surface area contributed by atoms with Crippen LogP contribution < -0.4 is 5.73 Å². The molecule has 3 N–H and O–H groups in total. The Morgan fingerprint density at radius 1 is 1.38 bits per heavy atom. The maximum Gasteiger partial charge on any atom is 0.239 e. The highest BCUT2D eigenvalue weighted by atomic mass is 16.5. The largest absolute Gasteiger partial charge is 0.508 e. The van der Waals surface area contributed by atoms with Crippen LogP contribution in [-0.4, -0.2) is 47.8 Å². The predicted molar refractivity (Wildman–Crippen MR) is 81.0 cm³/mol. The molecule has 1 aromatic carbocycles. The molecule has 1 heterocycles.